The number of fused-ring (bicyclic) bond motifs is 2. The van der Waals surface area contributed by atoms with E-state index in [1.165, 1.54) is 16.2 Å². The quantitative estimate of drug-likeness (QED) is 0.427. The van der Waals surface area contributed by atoms with E-state index >= 15 is 0 Å². The summed E-state index contributed by atoms with van der Waals surface area (Å²) in [6.45, 7) is 2.76. The van der Waals surface area contributed by atoms with E-state index in [0.29, 0.717) is 11.6 Å². The number of likely N-dealkylation sites (tertiary alicyclic amines) is 1. The van der Waals surface area contributed by atoms with Gasteiger partial charge in [-0.25, -0.2) is 14.4 Å². The summed E-state index contributed by atoms with van der Waals surface area (Å²) in [6.07, 6.45) is 5.09. The number of hydrogen-bond acceptors (Lipinski definition) is 7. The number of thiophene rings is 1. The summed E-state index contributed by atoms with van der Waals surface area (Å²) in [7, 11) is 2.25. The Morgan fingerprint density at radius 1 is 1.19 bits per heavy atom. The van der Waals surface area contributed by atoms with Crippen molar-refractivity contribution in [2.24, 2.45) is 0 Å². The standard InChI is InChI=1S/C23H23FN4OS2/c1-28-7-3-15(23(28)4-8-29-9-5-23)20-10-14-17(2-6-25-22(14)31-20)27-18-12-19-21(11-16(18)24)30-13-26-19/h2,6,10-13,15H,3-5,7-9H2,1H3,(H,25,27)/t15-/m1/s1. The first-order valence-electron chi connectivity index (χ1n) is 10.6. The summed E-state index contributed by atoms with van der Waals surface area (Å²) in [4.78, 5) is 13.9. The Morgan fingerprint density at radius 3 is 2.94 bits per heavy atom. The number of pyridine rings is 1. The van der Waals surface area contributed by atoms with Gasteiger partial charge in [0.05, 0.1) is 27.1 Å². The molecule has 2 fully saturated rings. The van der Waals surface area contributed by atoms with E-state index in [1.807, 2.05) is 6.07 Å². The van der Waals surface area contributed by atoms with Gasteiger partial charge in [0, 0.05) is 41.1 Å². The molecule has 0 unspecified atom stereocenters. The monoisotopic (exact) mass is 454 g/mol. The topological polar surface area (TPSA) is 50.3 Å². The SMILES string of the molecule is CN1CC[C@H](c2cc3c(Nc4cc5ncsc5cc4F)ccnc3s2)C12CCOCC2. The minimum absolute atomic E-state index is 0.175. The lowest BCUT2D eigenvalue weighted by Gasteiger charge is -2.43. The van der Waals surface area contributed by atoms with Gasteiger partial charge in [-0.3, -0.25) is 4.90 Å². The molecule has 0 saturated carbocycles. The van der Waals surface area contributed by atoms with Gasteiger partial charge in [-0.1, -0.05) is 0 Å². The van der Waals surface area contributed by atoms with Crippen molar-refractivity contribution < 1.29 is 9.13 Å². The molecular formula is C23H23FN4OS2. The Labute approximate surface area is 187 Å². The maximum Gasteiger partial charge on any atom is 0.148 e. The molecule has 0 amide bonds. The van der Waals surface area contributed by atoms with Gasteiger partial charge < -0.3 is 10.1 Å². The molecule has 3 aromatic heterocycles. The third kappa shape index (κ3) is 3.16. The summed E-state index contributed by atoms with van der Waals surface area (Å²) in [5, 5.41) is 4.36. The molecule has 1 aromatic carbocycles. The summed E-state index contributed by atoms with van der Waals surface area (Å²) < 4.78 is 21.2. The fourth-order valence-corrected chi connectivity index (χ4v) is 7.26. The van der Waals surface area contributed by atoms with Crippen LogP contribution in [0.15, 0.2) is 36.0 Å². The Bertz CT molecular complexity index is 1260. The van der Waals surface area contributed by atoms with Gasteiger partial charge in [0.1, 0.15) is 10.6 Å². The molecule has 160 valence electrons. The summed E-state index contributed by atoms with van der Waals surface area (Å²) in [5.74, 6) is 0.215. The zero-order valence-electron chi connectivity index (χ0n) is 17.2. The van der Waals surface area contributed by atoms with E-state index in [0.717, 1.165) is 65.1 Å². The van der Waals surface area contributed by atoms with Crippen LogP contribution < -0.4 is 5.32 Å². The predicted octanol–water partition coefficient (Wildman–Crippen LogP) is 5.76. The van der Waals surface area contributed by atoms with Crippen LogP contribution in [0.4, 0.5) is 15.8 Å². The van der Waals surface area contributed by atoms with Gasteiger partial charge in [0.15, 0.2) is 0 Å². The van der Waals surface area contributed by atoms with Crippen LogP contribution in [0, 0.1) is 5.82 Å². The molecule has 1 N–H and O–H groups in total. The fraction of sp³-hybridized carbons (Fsp3) is 0.391. The number of benzene rings is 1. The Kier molecular flexibility index (Phi) is 4.72. The molecule has 5 nitrogen and oxygen atoms in total. The molecule has 2 aliphatic heterocycles. The number of rotatable bonds is 3. The number of hydrogen-bond donors (Lipinski definition) is 1. The lowest BCUT2D eigenvalue weighted by molar-refractivity contribution is -0.00532. The third-order valence-electron chi connectivity index (χ3n) is 7.01. The molecular weight excluding hydrogens is 431 g/mol. The van der Waals surface area contributed by atoms with Crippen LogP contribution in [0.5, 0.6) is 0 Å². The number of halogens is 1. The minimum Gasteiger partial charge on any atom is -0.381 e. The number of likely N-dealkylation sites (N-methyl/N-ethyl adjacent to an activating group) is 1. The highest BCUT2D eigenvalue weighted by atomic mass is 32.1. The Morgan fingerprint density at radius 2 is 2.06 bits per heavy atom. The number of aromatic nitrogens is 2. The average molecular weight is 455 g/mol. The van der Waals surface area contributed by atoms with E-state index in [4.69, 9.17) is 4.74 Å². The summed E-state index contributed by atoms with van der Waals surface area (Å²) in [6, 6.07) is 7.53. The van der Waals surface area contributed by atoms with Crippen molar-refractivity contribution >= 4 is 54.5 Å². The summed E-state index contributed by atoms with van der Waals surface area (Å²) >= 11 is 3.22. The highest BCUT2D eigenvalue weighted by Gasteiger charge is 2.48. The van der Waals surface area contributed by atoms with Crippen LogP contribution in [0.1, 0.15) is 30.1 Å². The zero-order valence-corrected chi connectivity index (χ0v) is 18.9. The Hall–Kier alpha value is -2.13. The number of anilines is 2. The van der Waals surface area contributed by atoms with Crippen LogP contribution >= 0.6 is 22.7 Å². The molecule has 2 saturated heterocycles. The Balaban J connectivity index is 1.38. The van der Waals surface area contributed by atoms with Gasteiger partial charge in [-0.2, -0.15) is 0 Å². The van der Waals surface area contributed by atoms with Crippen LogP contribution in [-0.4, -0.2) is 47.2 Å². The lowest BCUT2D eigenvalue weighted by Crippen LogP contribution is -2.49. The van der Waals surface area contributed by atoms with E-state index in [1.54, 1.807) is 35.2 Å². The van der Waals surface area contributed by atoms with Crippen molar-refractivity contribution in [3.8, 4) is 0 Å². The van der Waals surface area contributed by atoms with Gasteiger partial charge in [0.2, 0.25) is 0 Å². The predicted molar refractivity (Wildman–Crippen MR) is 125 cm³/mol. The van der Waals surface area contributed by atoms with Crippen molar-refractivity contribution in [2.75, 3.05) is 32.1 Å². The molecule has 2 aliphatic rings. The van der Waals surface area contributed by atoms with Crippen molar-refractivity contribution in [3.63, 3.8) is 0 Å². The molecule has 0 bridgehead atoms. The van der Waals surface area contributed by atoms with Crippen molar-refractivity contribution in [2.45, 2.75) is 30.7 Å². The largest absolute Gasteiger partial charge is 0.381 e. The highest BCUT2D eigenvalue weighted by molar-refractivity contribution is 7.18. The second-order valence-electron chi connectivity index (χ2n) is 8.48. The average Bonchev–Trinajstić information content (AvgIpc) is 3.48. The normalized spacial score (nSPS) is 21.4. The van der Waals surface area contributed by atoms with E-state index < -0.39 is 0 Å². The first kappa shape index (κ1) is 19.5. The number of ether oxygens (including phenoxy) is 1. The molecule has 5 heterocycles. The van der Waals surface area contributed by atoms with E-state index in [-0.39, 0.29) is 11.4 Å². The molecule has 1 atom stereocenters. The maximum atomic E-state index is 14.7. The van der Waals surface area contributed by atoms with Crippen LogP contribution in [0.3, 0.4) is 0 Å². The smallest absolute Gasteiger partial charge is 0.148 e. The number of nitrogens with zero attached hydrogens (tertiary/aromatic N) is 3. The van der Waals surface area contributed by atoms with Gasteiger partial charge >= 0.3 is 0 Å². The van der Waals surface area contributed by atoms with Crippen LogP contribution in [-0.2, 0) is 4.74 Å². The van der Waals surface area contributed by atoms with Crippen molar-refractivity contribution in [1.29, 1.82) is 0 Å². The van der Waals surface area contributed by atoms with Crippen LogP contribution in [0.2, 0.25) is 0 Å². The van der Waals surface area contributed by atoms with Gasteiger partial charge in [0.25, 0.3) is 0 Å². The lowest BCUT2D eigenvalue weighted by atomic mass is 9.77. The first-order valence-corrected chi connectivity index (χ1v) is 12.3. The summed E-state index contributed by atoms with van der Waals surface area (Å²) in [5.41, 5.74) is 4.05. The number of nitrogens with one attached hydrogen (secondary N) is 1. The van der Waals surface area contributed by atoms with E-state index in [2.05, 4.69) is 33.3 Å². The van der Waals surface area contributed by atoms with Crippen LogP contribution in [0.25, 0.3) is 20.4 Å². The minimum atomic E-state index is -0.268. The second-order valence-corrected chi connectivity index (χ2v) is 10.4. The highest BCUT2D eigenvalue weighted by Crippen LogP contribution is 2.50. The number of thiazole rings is 1. The molecule has 0 radical (unpaired) electrons. The maximum absolute atomic E-state index is 14.7. The molecule has 4 aromatic rings. The zero-order chi connectivity index (χ0) is 21.0. The molecule has 1 spiro atoms. The first-order chi connectivity index (χ1) is 15.1. The third-order valence-corrected chi connectivity index (χ3v) is 8.96. The second kappa shape index (κ2) is 7.48. The molecule has 31 heavy (non-hydrogen) atoms. The van der Waals surface area contributed by atoms with Crippen molar-refractivity contribution in [1.82, 2.24) is 14.9 Å². The molecule has 0 aliphatic carbocycles. The fourth-order valence-electron chi connectivity index (χ4n) is 5.30. The molecule has 8 heteroatoms. The van der Waals surface area contributed by atoms with Gasteiger partial charge in [-0.15, -0.1) is 22.7 Å². The molecule has 6 rings (SSSR count). The van der Waals surface area contributed by atoms with Crippen molar-refractivity contribution in [3.05, 3.63) is 46.7 Å². The van der Waals surface area contributed by atoms with Gasteiger partial charge in [-0.05, 0) is 57.1 Å². The van der Waals surface area contributed by atoms with E-state index in [9.17, 15) is 4.39 Å².